The second kappa shape index (κ2) is 6.38. The number of nitrogens with zero attached hydrogens (tertiary/aromatic N) is 1. The average molecular weight is 310 g/mol. The van der Waals surface area contributed by atoms with Crippen LogP contribution in [0.3, 0.4) is 0 Å². The molecular formula is C16H26N2O4. The minimum atomic E-state index is -0.291. The van der Waals surface area contributed by atoms with Gasteiger partial charge in [-0.2, -0.15) is 0 Å². The van der Waals surface area contributed by atoms with E-state index in [0.29, 0.717) is 36.8 Å². The van der Waals surface area contributed by atoms with E-state index in [1.54, 1.807) is 6.92 Å². The zero-order chi connectivity index (χ0) is 16.4. The van der Waals surface area contributed by atoms with Crippen molar-refractivity contribution in [3.63, 3.8) is 0 Å². The van der Waals surface area contributed by atoms with Gasteiger partial charge in [0.05, 0.1) is 6.61 Å². The molecular weight excluding hydrogens is 284 g/mol. The van der Waals surface area contributed by atoms with E-state index in [-0.39, 0.29) is 23.3 Å². The molecule has 0 bridgehead atoms. The zero-order valence-electron chi connectivity index (χ0n) is 13.9. The van der Waals surface area contributed by atoms with Crippen molar-refractivity contribution in [1.29, 1.82) is 0 Å². The van der Waals surface area contributed by atoms with Crippen molar-refractivity contribution in [3.8, 4) is 0 Å². The Bertz CT molecular complexity index is 525. The summed E-state index contributed by atoms with van der Waals surface area (Å²) in [5.74, 6) is 0.329. The van der Waals surface area contributed by atoms with E-state index in [1.807, 2.05) is 20.8 Å². The quantitative estimate of drug-likeness (QED) is 0.886. The number of hydrogen-bond acceptors (Lipinski definition) is 5. The number of aryl methyl sites for hydroxylation is 1. The SMILES string of the molecule is Cc1onc(C(C)(C)C)c1C(=O)NCC1(CO)CCOCC1. The molecule has 0 unspecified atom stereocenters. The van der Waals surface area contributed by atoms with Crippen molar-refractivity contribution in [3.05, 3.63) is 17.0 Å². The molecule has 22 heavy (non-hydrogen) atoms. The second-order valence-electron chi connectivity index (χ2n) is 7.17. The Morgan fingerprint density at radius 2 is 2.00 bits per heavy atom. The van der Waals surface area contributed by atoms with Crippen molar-refractivity contribution in [1.82, 2.24) is 10.5 Å². The summed E-state index contributed by atoms with van der Waals surface area (Å²) < 4.78 is 10.5. The number of aromatic nitrogens is 1. The Morgan fingerprint density at radius 3 is 2.55 bits per heavy atom. The van der Waals surface area contributed by atoms with Crippen molar-refractivity contribution in [2.45, 2.75) is 46.0 Å². The standard InChI is InChI=1S/C16H26N2O4/c1-11-12(13(18-22-11)15(2,3)4)14(20)17-9-16(10-19)5-7-21-8-6-16/h19H,5-10H2,1-4H3,(H,17,20). The first-order valence-electron chi connectivity index (χ1n) is 7.73. The fourth-order valence-electron chi connectivity index (χ4n) is 2.70. The summed E-state index contributed by atoms with van der Waals surface area (Å²) in [5.41, 5.74) is 0.610. The van der Waals surface area contributed by atoms with Crippen molar-refractivity contribution in [2.75, 3.05) is 26.4 Å². The third kappa shape index (κ3) is 3.50. The molecule has 0 spiro atoms. The van der Waals surface area contributed by atoms with Crippen LogP contribution in [0.2, 0.25) is 0 Å². The molecule has 1 aliphatic rings. The van der Waals surface area contributed by atoms with E-state index in [2.05, 4.69) is 10.5 Å². The van der Waals surface area contributed by atoms with E-state index < -0.39 is 0 Å². The largest absolute Gasteiger partial charge is 0.396 e. The minimum absolute atomic E-state index is 0.0470. The van der Waals surface area contributed by atoms with E-state index >= 15 is 0 Å². The van der Waals surface area contributed by atoms with Crippen LogP contribution in [-0.4, -0.2) is 42.5 Å². The molecule has 2 N–H and O–H groups in total. The first kappa shape index (κ1) is 17.0. The maximum absolute atomic E-state index is 12.6. The molecule has 0 aliphatic carbocycles. The number of amides is 1. The number of hydrogen-bond donors (Lipinski definition) is 2. The highest BCUT2D eigenvalue weighted by atomic mass is 16.5. The van der Waals surface area contributed by atoms with Gasteiger partial charge in [0.25, 0.3) is 5.91 Å². The summed E-state index contributed by atoms with van der Waals surface area (Å²) in [5, 5.41) is 16.7. The lowest BCUT2D eigenvalue weighted by atomic mass is 9.81. The predicted octanol–water partition coefficient (Wildman–Crippen LogP) is 1.80. The van der Waals surface area contributed by atoms with Crippen LogP contribution in [0.15, 0.2) is 4.52 Å². The predicted molar refractivity (Wildman–Crippen MR) is 81.8 cm³/mol. The van der Waals surface area contributed by atoms with Crippen molar-refractivity contribution < 1.29 is 19.2 Å². The lowest BCUT2D eigenvalue weighted by molar-refractivity contribution is -0.0146. The van der Waals surface area contributed by atoms with Gasteiger partial charge in [-0.25, -0.2) is 0 Å². The number of ether oxygens (including phenoxy) is 1. The highest BCUT2D eigenvalue weighted by Gasteiger charge is 2.34. The molecule has 0 saturated carbocycles. The van der Waals surface area contributed by atoms with Crippen LogP contribution in [-0.2, 0) is 10.2 Å². The lowest BCUT2D eigenvalue weighted by Crippen LogP contribution is -2.44. The molecule has 1 aromatic rings. The van der Waals surface area contributed by atoms with Crippen molar-refractivity contribution >= 4 is 5.91 Å². The summed E-state index contributed by atoms with van der Waals surface area (Å²) in [6.45, 7) is 9.45. The molecule has 6 heteroatoms. The Morgan fingerprint density at radius 1 is 1.36 bits per heavy atom. The van der Waals surface area contributed by atoms with Gasteiger partial charge in [0.15, 0.2) is 0 Å². The smallest absolute Gasteiger partial charge is 0.256 e. The Labute approximate surface area is 131 Å². The Balaban J connectivity index is 2.11. The van der Waals surface area contributed by atoms with Crippen LogP contribution < -0.4 is 5.32 Å². The van der Waals surface area contributed by atoms with Gasteiger partial charge in [-0.3, -0.25) is 4.79 Å². The van der Waals surface area contributed by atoms with Crippen LogP contribution in [0, 0.1) is 12.3 Å². The lowest BCUT2D eigenvalue weighted by Gasteiger charge is -2.35. The van der Waals surface area contributed by atoms with Crippen LogP contribution >= 0.6 is 0 Å². The van der Waals surface area contributed by atoms with Crippen LogP contribution in [0.25, 0.3) is 0 Å². The molecule has 6 nitrogen and oxygen atoms in total. The number of nitrogens with one attached hydrogen (secondary N) is 1. The van der Waals surface area contributed by atoms with Gasteiger partial charge in [-0.05, 0) is 19.8 Å². The van der Waals surface area contributed by atoms with E-state index in [4.69, 9.17) is 9.26 Å². The van der Waals surface area contributed by atoms with Gasteiger partial charge in [0.1, 0.15) is 17.0 Å². The van der Waals surface area contributed by atoms with E-state index in [0.717, 1.165) is 12.8 Å². The first-order chi connectivity index (χ1) is 10.3. The summed E-state index contributed by atoms with van der Waals surface area (Å²) >= 11 is 0. The fraction of sp³-hybridized carbons (Fsp3) is 0.750. The summed E-state index contributed by atoms with van der Waals surface area (Å²) in [7, 11) is 0. The number of aliphatic hydroxyl groups excluding tert-OH is 1. The van der Waals surface area contributed by atoms with Crippen LogP contribution in [0.5, 0.6) is 0 Å². The molecule has 2 rings (SSSR count). The molecule has 1 fully saturated rings. The summed E-state index contributed by atoms with van der Waals surface area (Å²) in [4.78, 5) is 12.6. The zero-order valence-corrected chi connectivity index (χ0v) is 13.9. The number of aliphatic hydroxyl groups is 1. The topological polar surface area (TPSA) is 84.6 Å². The Kier molecular flexibility index (Phi) is 4.92. The molecule has 124 valence electrons. The molecule has 1 aliphatic heterocycles. The number of carbonyl (C=O) groups excluding carboxylic acids is 1. The van der Waals surface area contributed by atoms with Gasteiger partial charge in [-0.1, -0.05) is 25.9 Å². The maximum Gasteiger partial charge on any atom is 0.256 e. The first-order valence-corrected chi connectivity index (χ1v) is 7.73. The molecule has 1 saturated heterocycles. The van der Waals surface area contributed by atoms with Crippen LogP contribution in [0.1, 0.15) is 55.4 Å². The average Bonchev–Trinajstić information content (AvgIpc) is 2.88. The third-order valence-corrected chi connectivity index (χ3v) is 4.31. The van der Waals surface area contributed by atoms with Gasteiger partial charge in [0.2, 0.25) is 0 Å². The molecule has 1 amide bonds. The summed E-state index contributed by atoms with van der Waals surface area (Å²) in [6.07, 6.45) is 1.50. The summed E-state index contributed by atoms with van der Waals surface area (Å²) in [6, 6.07) is 0. The number of rotatable bonds is 4. The molecule has 1 aromatic heterocycles. The van der Waals surface area contributed by atoms with Gasteiger partial charge in [-0.15, -0.1) is 0 Å². The molecule has 0 radical (unpaired) electrons. The van der Waals surface area contributed by atoms with E-state index in [1.165, 1.54) is 0 Å². The monoisotopic (exact) mass is 310 g/mol. The van der Waals surface area contributed by atoms with Gasteiger partial charge < -0.3 is 19.7 Å². The molecule has 2 heterocycles. The maximum atomic E-state index is 12.6. The van der Waals surface area contributed by atoms with Crippen molar-refractivity contribution in [2.24, 2.45) is 5.41 Å². The minimum Gasteiger partial charge on any atom is -0.396 e. The highest BCUT2D eigenvalue weighted by Crippen LogP contribution is 2.30. The van der Waals surface area contributed by atoms with Gasteiger partial charge in [0, 0.05) is 30.6 Å². The van der Waals surface area contributed by atoms with E-state index in [9.17, 15) is 9.90 Å². The van der Waals surface area contributed by atoms with Gasteiger partial charge >= 0.3 is 0 Å². The molecule has 0 aromatic carbocycles. The van der Waals surface area contributed by atoms with Crippen LogP contribution in [0.4, 0.5) is 0 Å². The second-order valence-corrected chi connectivity index (χ2v) is 7.17. The highest BCUT2D eigenvalue weighted by molar-refractivity contribution is 5.96. The Hall–Kier alpha value is -1.40. The fourth-order valence-corrected chi connectivity index (χ4v) is 2.70. The molecule has 0 atom stereocenters. The third-order valence-electron chi connectivity index (χ3n) is 4.31. The number of carbonyl (C=O) groups is 1. The normalized spacial score (nSPS) is 18.2.